The first-order valence-electron chi connectivity index (χ1n) is 8.14. The van der Waals surface area contributed by atoms with Gasteiger partial charge in [0.25, 0.3) is 5.91 Å². The molecule has 6 nitrogen and oxygen atoms in total. The molecule has 138 valence electrons. The highest BCUT2D eigenvalue weighted by molar-refractivity contribution is 6.33. The fourth-order valence-electron chi connectivity index (χ4n) is 2.32. The summed E-state index contributed by atoms with van der Waals surface area (Å²) in [5.41, 5.74) is 4.05. The quantitative estimate of drug-likeness (QED) is 0.496. The van der Waals surface area contributed by atoms with Crippen LogP contribution in [0.3, 0.4) is 0 Å². The Morgan fingerprint density at radius 2 is 2.11 bits per heavy atom. The number of nitrogens with one attached hydrogen (secondary N) is 2. The summed E-state index contributed by atoms with van der Waals surface area (Å²) in [5.74, 6) is -0.279. The predicted molar refractivity (Wildman–Crippen MR) is 102 cm³/mol. The van der Waals surface area contributed by atoms with Crippen LogP contribution in [0.15, 0.2) is 53.6 Å². The Kier molecular flexibility index (Phi) is 5.83. The maximum Gasteiger partial charge on any atom is 0.289 e. The van der Waals surface area contributed by atoms with Crippen LogP contribution in [-0.4, -0.2) is 28.9 Å². The summed E-state index contributed by atoms with van der Waals surface area (Å²) in [4.78, 5) is 12.1. The Morgan fingerprint density at radius 3 is 2.81 bits per heavy atom. The molecular weight excluding hydrogens is 371 g/mol. The molecule has 0 bridgehead atoms. The van der Waals surface area contributed by atoms with Gasteiger partial charge in [0.15, 0.2) is 0 Å². The van der Waals surface area contributed by atoms with Gasteiger partial charge < -0.3 is 4.74 Å². The van der Waals surface area contributed by atoms with E-state index in [-0.39, 0.29) is 16.3 Å². The topological polar surface area (TPSA) is 79.4 Å². The summed E-state index contributed by atoms with van der Waals surface area (Å²) >= 11 is 5.89. The molecule has 3 rings (SSSR count). The molecule has 1 amide bonds. The summed E-state index contributed by atoms with van der Waals surface area (Å²) in [7, 11) is 0. The van der Waals surface area contributed by atoms with Crippen molar-refractivity contribution in [2.45, 2.75) is 6.92 Å². The summed E-state index contributed by atoms with van der Waals surface area (Å²) in [6.45, 7) is 2.50. The Morgan fingerprint density at radius 1 is 1.33 bits per heavy atom. The summed E-state index contributed by atoms with van der Waals surface area (Å²) in [5, 5.41) is 10.7. The lowest BCUT2D eigenvalue weighted by atomic mass is 10.1. The number of H-pyrrole nitrogens is 1. The van der Waals surface area contributed by atoms with Gasteiger partial charge in [-0.15, -0.1) is 0 Å². The number of hydrogen-bond acceptors (Lipinski definition) is 4. The highest BCUT2D eigenvalue weighted by Gasteiger charge is 2.11. The molecule has 3 aromatic rings. The molecule has 0 spiro atoms. The lowest BCUT2D eigenvalue weighted by molar-refractivity contribution is 0.0950. The molecule has 1 heterocycles. The number of aromatic amines is 1. The average molecular weight is 387 g/mol. The number of hydrazone groups is 1. The zero-order valence-corrected chi connectivity index (χ0v) is 15.1. The van der Waals surface area contributed by atoms with Gasteiger partial charge in [0, 0.05) is 11.1 Å². The number of carbonyl (C=O) groups is 1. The van der Waals surface area contributed by atoms with Crippen molar-refractivity contribution < 1.29 is 13.9 Å². The smallest absolute Gasteiger partial charge is 0.289 e. The summed E-state index contributed by atoms with van der Waals surface area (Å²) in [6, 6.07) is 13.2. The lowest BCUT2D eigenvalue weighted by Gasteiger charge is -2.02. The maximum absolute atomic E-state index is 13.7. The van der Waals surface area contributed by atoms with Gasteiger partial charge in [0.2, 0.25) is 0 Å². The highest BCUT2D eigenvalue weighted by Crippen LogP contribution is 2.21. The third-order valence-corrected chi connectivity index (χ3v) is 3.97. The fourth-order valence-corrected chi connectivity index (χ4v) is 2.54. The van der Waals surface area contributed by atoms with Gasteiger partial charge >= 0.3 is 0 Å². The van der Waals surface area contributed by atoms with E-state index in [4.69, 9.17) is 16.3 Å². The van der Waals surface area contributed by atoms with Gasteiger partial charge in [-0.25, -0.2) is 9.82 Å². The molecule has 0 aliphatic rings. The van der Waals surface area contributed by atoms with E-state index in [9.17, 15) is 9.18 Å². The molecule has 0 aliphatic carbocycles. The molecule has 0 unspecified atom stereocenters. The molecule has 0 radical (unpaired) electrons. The second-order valence-corrected chi connectivity index (χ2v) is 5.87. The van der Waals surface area contributed by atoms with Crippen LogP contribution in [0, 0.1) is 5.82 Å². The zero-order valence-electron chi connectivity index (χ0n) is 14.4. The number of carbonyl (C=O) groups excluding carboxylic acids is 1. The number of nitrogens with zero attached hydrogens (tertiary/aromatic N) is 2. The first-order chi connectivity index (χ1) is 13.1. The summed E-state index contributed by atoms with van der Waals surface area (Å²) in [6.07, 6.45) is 1.15. The van der Waals surface area contributed by atoms with E-state index in [1.165, 1.54) is 18.2 Å². The van der Waals surface area contributed by atoms with Crippen LogP contribution in [0.2, 0.25) is 5.02 Å². The number of benzene rings is 2. The minimum atomic E-state index is -0.528. The zero-order chi connectivity index (χ0) is 19.2. The molecule has 8 heteroatoms. The summed E-state index contributed by atoms with van der Waals surface area (Å²) < 4.78 is 19.0. The normalized spacial score (nSPS) is 10.9. The van der Waals surface area contributed by atoms with E-state index in [0.717, 1.165) is 17.5 Å². The van der Waals surface area contributed by atoms with Crippen LogP contribution in [0.1, 0.15) is 23.0 Å². The van der Waals surface area contributed by atoms with Gasteiger partial charge in [-0.05, 0) is 49.4 Å². The minimum absolute atomic E-state index is 0.0964. The molecule has 2 aromatic carbocycles. The Hall–Kier alpha value is -3.19. The molecular formula is C19H16ClFN4O2. The van der Waals surface area contributed by atoms with Crippen LogP contribution in [0.4, 0.5) is 4.39 Å². The van der Waals surface area contributed by atoms with Gasteiger partial charge in [0.1, 0.15) is 17.3 Å². The van der Waals surface area contributed by atoms with Crippen LogP contribution < -0.4 is 10.2 Å². The lowest BCUT2D eigenvalue weighted by Crippen LogP contribution is -2.18. The van der Waals surface area contributed by atoms with E-state index < -0.39 is 11.7 Å². The third kappa shape index (κ3) is 4.51. The number of amides is 1. The van der Waals surface area contributed by atoms with E-state index in [2.05, 4.69) is 20.7 Å². The van der Waals surface area contributed by atoms with Crippen molar-refractivity contribution in [2.24, 2.45) is 5.10 Å². The standard InChI is InChI=1S/C19H16ClFN4O2/c1-2-27-13-8-6-12(7-9-13)17-10-18(24-23-17)19(26)25-22-11-14-15(20)4-3-5-16(14)21/h3-11H,2H2,1H3,(H,23,24)(H,25,26)/b22-11+. The Balaban J connectivity index is 1.67. The SMILES string of the molecule is CCOc1ccc(-c2cc(C(=O)N/N=C/c3c(F)cccc3Cl)[nH]n2)cc1. The number of halogens is 2. The van der Waals surface area contributed by atoms with Crippen molar-refractivity contribution in [1.29, 1.82) is 0 Å². The second kappa shape index (κ2) is 8.46. The monoisotopic (exact) mass is 386 g/mol. The molecule has 2 N–H and O–H groups in total. The van der Waals surface area contributed by atoms with Gasteiger partial charge in [-0.3, -0.25) is 9.89 Å². The molecule has 0 atom stereocenters. The fraction of sp³-hybridized carbons (Fsp3) is 0.105. The molecule has 0 saturated heterocycles. The van der Waals surface area contributed by atoms with Crippen LogP contribution in [-0.2, 0) is 0 Å². The molecule has 1 aromatic heterocycles. The Bertz CT molecular complexity index is 950. The maximum atomic E-state index is 13.7. The van der Waals surface area contributed by atoms with Crippen LogP contribution in [0.5, 0.6) is 5.75 Å². The number of ether oxygens (including phenoxy) is 1. The first kappa shape index (κ1) is 18.6. The van der Waals surface area contributed by atoms with E-state index in [1.54, 1.807) is 6.07 Å². The third-order valence-electron chi connectivity index (χ3n) is 3.64. The molecule has 0 saturated carbocycles. The van der Waals surface area contributed by atoms with E-state index in [0.29, 0.717) is 12.3 Å². The predicted octanol–water partition coefficient (Wildman–Crippen LogP) is 4.03. The van der Waals surface area contributed by atoms with Gasteiger partial charge in [0.05, 0.1) is 23.5 Å². The second-order valence-electron chi connectivity index (χ2n) is 5.46. The van der Waals surface area contributed by atoms with Gasteiger partial charge in [-0.2, -0.15) is 10.2 Å². The minimum Gasteiger partial charge on any atom is -0.494 e. The highest BCUT2D eigenvalue weighted by atomic mass is 35.5. The number of rotatable bonds is 6. The van der Waals surface area contributed by atoms with Crippen molar-refractivity contribution in [2.75, 3.05) is 6.61 Å². The van der Waals surface area contributed by atoms with Gasteiger partial charge in [-0.1, -0.05) is 17.7 Å². The van der Waals surface area contributed by atoms with Crippen LogP contribution in [0.25, 0.3) is 11.3 Å². The number of aromatic nitrogens is 2. The van der Waals surface area contributed by atoms with Crippen LogP contribution >= 0.6 is 11.6 Å². The van der Waals surface area contributed by atoms with Crippen molar-refractivity contribution in [3.63, 3.8) is 0 Å². The molecule has 27 heavy (non-hydrogen) atoms. The molecule has 0 aliphatic heterocycles. The number of hydrogen-bond donors (Lipinski definition) is 2. The van der Waals surface area contributed by atoms with Crippen molar-refractivity contribution in [3.8, 4) is 17.0 Å². The molecule has 0 fully saturated rings. The van der Waals surface area contributed by atoms with Crippen molar-refractivity contribution in [1.82, 2.24) is 15.6 Å². The van der Waals surface area contributed by atoms with Crippen molar-refractivity contribution in [3.05, 3.63) is 70.6 Å². The first-order valence-corrected chi connectivity index (χ1v) is 8.52. The Labute approximate surface area is 160 Å². The largest absolute Gasteiger partial charge is 0.494 e. The van der Waals surface area contributed by atoms with Crippen molar-refractivity contribution >= 4 is 23.7 Å². The average Bonchev–Trinajstić information content (AvgIpc) is 3.15. The van der Waals surface area contributed by atoms with E-state index in [1.807, 2.05) is 31.2 Å². The van der Waals surface area contributed by atoms with E-state index >= 15 is 0 Å².